The van der Waals surface area contributed by atoms with Crippen LogP contribution in [-0.4, -0.2) is 28.0 Å². The summed E-state index contributed by atoms with van der Waals surface area (Å²) < 4.78 is 0. The Morgan fingerprint density at radius 2 is 1.94 bits per heavy atom. The van der Waals surface area contributed by atoms with Crippen LogP contribution >= 0.6 is 11.6 Å². The molecule has 0 aliphatic carbocycles. The number of anilines is 2. The lowest BCUT2D eigenvalue weighted by Gasteiger charge is -2.13. The minimum atomic E-state index is 0.199. The second kappa shape index (κ2) is 6.48. The summed E-state index contributed by atoms with van der Waals surface area (Å²) in [5, 5.41) is 6.24. The van der Waals surface area contributed by atoms with Crippen LogP contribution in [0.1, 0.15) is 33.1 Å². The molecule has 0 amide bonds. The van der Waals surface area contributed by atoms with E-state index in [1.165, 1.54) is 12.8 Å². The third-order valence-corrected chi connectivity index (χ3v) is 2.37. The Labute approximate surface area is 101 Å². The molecule has 0 saturated heterocycles. The first kappa shape index (κ1) is 13.0. The Hall–Kier alpha value is -1.10. The fraction of sp³-hybridized carbons (Fsp3) is 0.700. The van der Waals surface area contributed by atoms with Gasteiger partial charge in [0.15, 0.2) is 0 Å². The van der Waals surface area contributed by atoms with Crippen LogP contribution in [0.2, 0.25) is 5.28 Å². The van der Waals surface area contributed by atoms with Crippen LogP contribution < -0.4 is 10.6 Å². The fourth-order valence-electron chi connectivity index (χ4n) is 1.33. The van der Waals surface area contributed by atoms with Crippen molar-refractivity contribution in [1.82, 2.24) is 15.0 Å². The molecule has 5 nitrogen and oxygen atoms in total. The van der Waals surface area contributed by atoms with Gasteiger partial charge in [-0.2, -0.15) is 15.0 Å². The van der Waals surface area contributed by atoms with Gasteiger partial charge < -0.3 is 10.6 Å². The van der Waals surface area contributed by atoms with Crippen LogP contribution in [0, 0.1) is 0 Å². The lowest BCUT2D eigenvalue weighted by molar-refractivity contribution is 0.640. The van der Waals surface area contributed by atoms with Gasteiger partial charge in [0.25, 0.3) is 0 Å². The highest BCUT2D eigenvalue weighted by Crippen LogP contribution is 2.11. The predicted octanol–water partition coefficient (Wildman–Crippen LogP) is 2.56. The summed E-state index contributed by atoms with van der Waals surface area (Å²) in [6.07, 6.45) is 3.46. The zero-order valence-corrected chi connectivity index (χ0v) is 10.7. The first-order valence-corrected chi connectivity index (χ1v) is 5.89. The van der Waals surface area contributed by atoms with Crippen LogP contribution in [0.5, 0.6) is 0 Å². The smallest absolute Gasteiger partial charge is 0.229 e. The summed E-state index contributed by atoms with van der Waals surface area (Å²) in [5.41, 5.74) is 0. The van der Waals surface area contributed by atoms with Gasteiger partial charge in [-0.1, -0.05) is 19.8 Å². The van der Waals surface area contributed by atoms with Crippen molar-refractivity contribution in [2.75, 3.05) is 17.7 Å². The number of nitrogens with one attached hydrogen (secondary N) is 2. The van der Waals surface area contributed by atoms with Crippen molar-refractivity contribution in [3.8, 4) is 0 Å². The number of halogens is 1. The second-order valence-electron chi connectivity index (χ2n) is 3.69. The quantitative estimate of drug-likeness (QED) is 0.804. The van der Waals surface area contributed by atoms with Gasteiger partial charge in [-0.05, 0) is 24.9 Å². The predicted molar refractivity (Wildman–Crippen MR) is 67.0 cm³/mol. The van der Waals surface area contributed by atoms with E-state index in [0.29, 0.717) is 17.9 Å². The van der Waals surface area contributed by atoms with E-state index >= 15 is 0 Å². The highest BCUT2D eigenvalue weighted by Gasteiger charge is 2.06. The molecule has 0 spiro atoms. The Kier molecular flexibility index (Phi) is 5.25. The largest absolute Gasteiger partial charge is 0.357 e. The second-order valence-corrected chi connectivity index (χ2v) is 4.03. The van der Waals surface area contributed by atoms with Crippen molar-refractivity contribution in [2.45, 2.75) is 39.2 Å². The summed E-state index contributed by atoms with van der Waals surface area (Å²) in [6, 6.07) is 0.336. The maximum atomic E-state index is 5.77. The summed E-state index contributed by atoms with van der Waals surface area (Å²) in [5.74, 6) is 0.998. The third kappa shape index (κ3) is 4.18. The monoisotopic (exact) mass is 243 g/mol. The van der Waals surface area contributed by atoms with Crippen molar-refractivity contribution in [1.29, 1.82) is 0 Å². The number of nitrogens with zero attached hydrogens (tertiary/aromatic N) is 3. The molecule has 0 saturated carbocycles. The summed E-state index contributed by atoms with van der Waals surface area (Å²) in [6.45, 7) is 4.28. The molecule has 0 bridgehead atoms. The Morgan fingerprint density at radius 3 is 2.56 bits per heavy atom. The van der Waals surface area contributed by atoms with E-state index in [4.69, 9.17) is 11.6 Å². The maximum Gasteiger partial charge on any atom is 0.229 e. The SMILES string of the molecule is CCCCC(C)Nc1nc(Cl)nc(NC)n1. The molecule has 0 aliphatic heterocycles. The van der Waals surface area contributed by atoms with Crippen LogP contribution in [0.15, 0.2) is 0 Å². The van der Waals surface area contributed by atoms with E-state index in [2.05, 4.69) is 39.4 Å². The molecule has 1 aromatic heterocycles. The first-order valence-electron chi connectivity index (χ1n) is 5.51. The van der Waals surface area contributed by atoms with Crippen molar-refractivity contribution < 1.29 is 0 Å². The van der Waals surface area contributed by atoms with Crippen molar-refractivity contribution in [3.05, 3.63) is 5.28 Å². The lowest BCUT2D eigenvalue weighted by atomic mass is 10.1. The van der Waals surface area contributed by atoms with Crippen LogP contribution in [0.25, 0.3) is 0 Å². The molecule has 1 unspecified atom stereocenters. The molecule has 0 aromatic carbocycles. The van der Waals surface area contributed by atoms with Crippen LogP contribution in [0.4, 0.5) is 11.9 Å². The van der Waals surface area contributed by atoms with E-state index < -0.39 is 0 Å². The minimum absolute atomic E-state index is 0.199. The summed E-state index contributed by atoms with van der Waals surface area (Å²) >= 11 is 5.77. The maximum absolute atomic E-state index is 5.77. The third-order valence-electron chi connectivity index (χ3n) is 2.20. The fourth-order valence-corrected chi connectivity index (χ4v) is 1.49. The molecule has 0 radical (unpaired) electrons. The molecule has 0 aliphatic rings. The molecule has 1 atom stereocenters. The molecular formula is C10H18ClN5. The first-order chi connectivity index (χ1) is 7.65. The lowest BCUT2D eigenvalue weighted by Crippen LogP contribution is -2.17. The van der Waals surface area contributed by atoms with E-state index in [0.717, 1.165) is 6.42 Å². The number of hydrogen-bond donors (Lipinski definition) is 2. The highest BCUT2D eigenvalue weighted by atomic mass is 35.5. The molecule has 2 N–H and O–H groups in total. The van der Waals surface area contributed by atoms with Crippen molar-refractivity contribution >= 4 is 23.5 Å². The topological polar surface area (TPSA) is 62.7 Å². The standard InChI is InChI=1S/C10H18ClN5/c1-4-5-6-7(2)13-10-15-8(11)14-9(12-3)16-10/h7H,4-6H2,1-3H3,(H2,12,13,14,15,16). The van der Waals surface area contributed by atoms with E-state index in [9.17, 15) is 0 Å². The summed E-state index contributed by atoms with van der Waals surface area (Å²) in [4.78, 5) is 12.1. The molecule has 0 fully saturated rings. The van der Waals surface area contributed by atoms with Gasteiger partial charge in [0, 0.05) is 13.1 Å². The Bertz CT molecular complexity index is 331. The average molecular weight is 244 g/mol. The molecule has 1 heterocycles. The molecular weight excluding hydrogens is 226 g/mol. The van der Waals surface area contributed by atoms with Crippen molar-refractivity contribution in [3.63, 3.8) is 0 Å². The summed E-state index contributed by atoms with van der Waals surface area (Å²) in [7, 11) is 1.75. The van der Waals surface area contributed by atoms with Crippen molar-refractivity contribution in [2.24, 2.45) is 0 Å². The van der Waals surface area contributed by atoms with Gasteiger partial charge >= 0.3 is 0 Å². The van der Waals surface area contributed by atoms with Gasteiger partial charge in [0.1, 0.15) is 0 Å². The van der Waals surface area contributed by atoms with Crippen LogP contribution in [-0.2, 0) is 0 Å². The zero-order valence-electron chi connectivity index (χ0n) is 9.92. The molecule has 6 heteroatoms. The zero-order chi connectivity index (χ0) is 12.0. The number of unbranched alkanes of at least 4 members (excludes halogenated alkanes) is 1. The normalized spacial score (nSPS) is 12.2. The number of aromatic nitrogens is 3. The minimum Gasteiger partial charge on any atom is -0.357 e. The van der Waals surface area contributed by atoms with Gasteiger partial charge in [-0.25, -0.2) is 0 Å². The van der Waals surface area contributed by atoms with E-state index in [1.54, 1.807) is 7.05 Å². The molecule has 1 rings (SSSR count). The van der Waals surface area contributed by atoms with Crippen LogP contribution in [0.3, 0.4) is 0 Å². The molecule has 1 aromatic rings. The van der Waals surface area contributed by atoms with E-state index in [-0.39, 0.29) is 5.28 Å². The van der Waals surface area contributed by atoms with Gasteiger partial charge in [0.05, 0.1) is 0 Å². The van der Waals surface area contributed by atoms with Gasteiger partial charge in [0.2, 0.25) is 17.2 Å². The number of rotatable bonds is 6. The highest BCUT2D eigenvalue weighted by molar-refractivity contribution is 6.28. The van der Waals surface area contributed by atoms with Gasteiger partial charge in [-0.3, -0.25) is 0 Å². The van der Waals surface area contributed by atoms with E-state index in [1.807, 2.05) is 0 Å². The average Bonchev–Trinajstić information content (AvgIpc) is 2.25. The molecule has 16 heavy (non-hydrogen) atoms. The van der Waals surface area contributed by atoms with Gasteiger partial charge in [-0.15, -0.1) is 0 Å². The Morgan fingerprint density at radius 1 is 1.25 bits per heavy atom. The molecule has 90 valence electrons. The number of hydrogen-bond acceptors (Lipinski definition) is 5. The Balaban J connectivity index is 2.61.